The van der Waals surface area contributed by atoms with E-state index in [0.29, 0.717) is 48.0 Å². The summed E-state index contributed by atoms with van der Waals surface area (Å²) >= 11 is 3.53. The molecule has 0 aliphatic carbocycles. The second kappa shape index (κ2) is 16.3. The number of hydrogen-bond acceptors (Lipinski definition) is 6. The highest BCUT2D eigenvalue weighted by atomic mass is 79.9. The van der Waals surface area contributed by atoms with Crippen LogP contribution in [0.4, 0.5) is 5.69 Å². The minimum absolute atomic E-state index is 0.0462. The van der Waals surface area contributed by atoms with Crippen LogP contribution in [0.3, 0.4) is 0 Å². The third kappa shape index (κ3) is 7.90. The van der Waals surface area contributed by atoms with Gasteiger partial charge in [-0.25, -0.2) is 4.99 Å². The minimum Gasteiger partial charge on any atom is -0.494 e. The first-order chi connectivity index (χ1) is 24.5. The van der Waals surface area contributed by atoms with Crippen molar-refractivity contribution in [3.05, 3.63) is 176 Å². The monoisotopic (exact) mass is 729 g/mol. The number of rotatable bonds is 14. The summed E-state index contributed by atoms with van der Waals surface area (Å²) in [6.07, 6.45) is -0.198. The van der Waals surface area contributed by atoms with Crippen molar-refractivity contribution in [2.24, 2.45) is 10.1 Å². The fourth-order valence-electron chi connectivity index (χ4n) is 6.16. The van der Waals surface area contributed by atoms with E-state index < -0.39 is 11.6 Å². The molecule has 9 nitrogen and oxygen atoms in total. The number of carbonyl (C=O) groups is 1. The van der Waals surface area contributed by atoms with E-state index in [4.69, 9.17) is 19.6 Å². The van der Waals surface area contributed by atoms with Crippen LogP contribution in [0.1, 0.15) is 46.3 Å². The summed E-state index contributed by atoms with van der Waals surface area (Å²) in [7, 11) is 0. The number of nitrogens with zero attached hydrogens (tertiary/aromatic N) is 4. The molecule has 0 spiro atoms. The van der Waals surface area contributed by atoms with Crippen LogP contribution in [-0.4, -0.2) is 42.2 Å². The fraction of sp³-hybridized carbons (Fsp3) is 0.200. The maximum Gasteiger partial charge on any atom is 0.252 e. The maximum absolute atomic E-state index is 15.0. The van der Waals surface area contributed by atoms with Crippen LogP contribution < -0.4 is 10.1 Å². The van der Waals surface area contributed by atoms with Crippen molar-refractivity contribution in [2.75, 3.05) is 19.8 Å². The molecule has 0 saturated carbocycles. The van der Waals surface area contributed by atoms with Gasteiger partial charge in [0.1, 0.15) is 5.75 Å². The van der Waals surface area contributed by atoms with Crippen molar-refractivity contribution in [1.29, 1.82) is 0 Å². The van der Waals surface area contributed by atoms with Gasteiger partial charge in [-0.2, -0.15) is 0 Å². The Morgan fingerprint density at radius 1 is 0.920 bits per heavy atom. The Morgan fingerprint density at radius 2 is 1.56 bits per heavy atom. The number of aliphatic hydroxyl groups is 1. The van der Waals surface area contributed by atoms with E-state index in [1.54, 1.807) is 12.1 Å². The van der Waals surface area contributed by atoms with Crippen LogP contribution in [0.5, 0.6) is 5.75 Å². The predicted octanol–water partition coefficient (Wildman–Crippen LogP) is 8.60. The van der Waals surface area contributed by atoms with Gasteiger partial charge >= 0.3 is 0 Å². The van der Waals surface area contributed by atoms with Crippen LogP contribution >= 0.6 is 15.9 Å². The number of aliphatic imine (C=N–C) groups is 1. The Balaban J connectivity index is 1.44. The maximum atomic E-state index is 15.0. The number of azide groups is 1. The number of benzene rings is 5. The molecular weight excluding hydrogens is 694 g/mol. The number of nitrogens with one attached hydrogen (secondary N) is 1. The molecule has 0 radical (unpaired) electrons. The summed E-state index contributed by atoms with van der Waals surface area (Å²) in [6.45, 7) is 0.745. The molecule has 1 aliphatic rings. The summed E-state index contributed by atoms with van der Waals surface area (Å²) in [5.41, 5.74) is 12.5. The highest BCUT2D eigenvalue weighted by molar-refractivity contribution is 9.10. The molecule has 10 heteroatoms. The molecule has 6 rings (SSSR count). The zero-order chi connectivity index (χ0) is 34.8. The van der Waals surface area contributed by atoms with Gasteiger partial charge in [-0.3, -0.25) is 4.79 Å². The largest absolute Gasteiger partial charge is 0.494 e. The van der Waals surface area contributed by atoms with Crippen molar-refractivity contribution in [1.82, 2.24) is 5.32 Å². The summed E-state index contributed by atoms with van der Waals surface area (Å²) in [5, 5.41) is 16.3. The molecule has 5 aromatic carbocycles. The molecule has 0 fully saturated rings. The normalized spacial score (nSPS) is 16.6. The Hall–Kier alpha value is -5.41. The lowest BCUT2D eigenvalue weighted by Gasteiger charge is -2.32. The number of hydrogen-bond donors (Lipinski definition) is 2. The SMILES string of the molecule is [N-]=[N+]=Nc1ccccc1C[C@@]1(C(=O)NCC(c2ccccc2)c2ccccc2)N=C(c2ccc(OCCCO)cc2)O[C@@H]1c1ccc(Br)cc1. The van der Waals surface area contributed by atoms with Gasteiger partial charge in [0.15, 0.2) is 11.6 Å². The van der Waals surface area contributed by atoms with Crippen LogP contribution in [0, 0.1) is 0 Å². The fourth-order valence-corrected chi connectivity index (χ4v) is 6.43. The lowest BCUT2D eigenvalue weighted by Crippen LogP contribution is -2.50. The predicted molar refractivity (Wildman–Crippen MR) is 198 cm³/mol. The first-order valence-corrected chi connectivity index (χ1v) is 17.2. The van der Waals surface area contributed by atoms with Gasteiger partial charge in [0.2, 0.25) is 5.90 Å². The molecule has 1 aliphatic heterocycles. The minimum atomic E-state index is -1.49. The van der Waals surface area contributed by atoms with Gasteiger partial charge in [0.25, 0.3) is 5.91 Å². The first-order valence-electron chi connectivity index (χ1n) is 16.4. The second-order valence-corrected chi connectivity index (χ2v) is 12.8. The van der Waals surface area contributed by atoms with E-state index in [1.807, 2.05) is 97.1 Å². The van der Waals surface area contributed by atoms with Crippen LogP contribution in [0.25, 0.3) is 10.4 Å². The molecule has 5 aromatic rings. The average molecular weight is 731 g/mol. The van der Waals surface area contributed by atoms with E-state index in [1.165, 1.54) is 0 Å². The molecule has 50 heavy (non-hydrogen) atoms. The topological polar surface area (TPSA) is 129 Å². The highest BCUT2D eigenvalue weighted by Gasteiger charge is 2.53. The van der Waals surface area contributed by atoms with E-state index in [-0.39, 0.29) is 24.9 Å². The molecule has 0 aromatic heterocycles. The molecule has 1 heterocycles. The van der Waals surface area contributed by atoms with E-state index >= 15 is 0 Å². The third-order valence-corrected chi connectivity index (χ3v) is 9.21. The number of aliphatic hydroxyl groups excluding tert-OH is 1. The van der Waals surface area contributed by atoms with Gasteiger partial charge in [-0.05, 0) is 64.2 Å². The summed E-state index contributed by atoms with van der Waals surface area (Å²) in [4.78, 5) is 23.2. The first kappa shape index (κ1) is 34.5. The number of carbonyl (C=O) groups excluding carboxylic acids is 1. The quantitative estimate of drug-likeness (QED) is 0.0513. The van der Waals surface area contributed by atoms with E-state index in [2.05, 4.69) is 55.5 Å². The van der Waals surface area contributed by atoms with Crippen molar-refractivity contribution < 1.29 is 19.4 Å². The zero-order valence-electron chi connectivity index (χ0n) is 27.2. The van der Waals surface area contributed by atoms with Crippen molar-refractivity contribution in [2.45, 2.75) is 30.4 Å². The van der Waals surface area contributed by atoms with Crippen molar-refractivity contribution in [3.63, 3.8) is 0 Å². The molecule has 252 valence electrons. The van der Waals surface area contributed by atoms with Gasteiger partial charge in [-0.1, -0.05) is 118 Å². The van der Waals surface area contributed by atoms with E-state index in [0.717, 1.165) is 21.2 Å². The highest BCUT2D eigenvalue weighted by Crippen LogP contribution is 2.44. The number of ether oxygens (including phenoxy) is 2. The summed E-state index contributed by atoms with van der Waals surface area (Å²) in [6, 6.07) is 42.4. The molecule has 0 saturated heterocycles. The second-order valence-electron chi connectivity index (χ2n) is 11.9. The summed E-state index contributed by atoms with van der Waals surface area (Å²) in [5.74, 6) is 0.505. The molecule has 2 N–H and O–H groups in total. The van der Waals surface area contributed by atoms with Crippen molar-refractivity contribution in [3.8, 4) is 5.75 Å². The Morgan fingerprint density at radius 3 is 2.20 bits per heavy atom. The zero-order valence-corrected chi connectivity index (χ0v) is 28.8. The van der Waals surface area contributed by atoms with E-state index in [9.17, 15) is 10.3 Å². The molecule has 1 amide bonds. The number of amides is 1. The lowest BCUT2D eigenvalue weighted by molar-refractivity contribution is -0.129. The Kier molecular flexibility index (Phi) is 11.3. The third-order valence-electron chi connectivity index (χ3n) is 8.68. The van der Waals surface area contributed by atoms with Gasteiger partial charge in [0.05, 0.1) is 6.61 Å². The number of halogens is 1. The lowest BCUT2D eigenvalue weighted by atomic mass is 9.81. The standard InChI is InChI=1S/C40H36BrN5O4/c41-33-20-16-30(17-21-33)37-40(26-32-14-7-8-15-36(32)45-46-42,44-38(50-37)31-18-22-34(23-19-31)49-25-9-24-47)39(48)43-27-35(28-10-3-1-4-11-28)29-12-5-2-6-13-29/h1-8,10-23,35,37,47H,9,24-27H2,(H,43,48)/t37-,40-/m1/s1. The van der Waals surface area contributed by atoms with Gasteiger partial charge < -0.3 is 19.9 Å². The molecule has 2 atom stereocenters. The van der Waals surface area contributed by atoms with Crippen molar-refractivity contribution >= 4 is 33.4 Å². The average Bonchev–Trinajstić information content (AvgIpc) is 3.54. The van der Waals surface area contributed by atoms with Gasteiger partial charge in [-0.15, -0.1) is 0 Å². The smallest absolute Gasteiger partial charge is 0.252 e. The molecule has 0 unspecified atom stereocenters. The molecular formula is C40H36BrN5O4. The van der Waals surface area contributed by atoms with Crippen LogP contribution in [-0.2, 0) is 16.0 Å². The summed E-state index contributed by atoms with van der Waals surface area (Å²) < 4.78 is 13.3. The Labute approximate surface area is 299 Å². The van der Waals surface area contributed by atoms with Crippen LogP contribution in [0.2, 0.25) is 0 Å². The van der Waals surface area contributed by atoms with Crippen LogP contribution in [0.15, 0.2) is 148 Å². The Bertz CT molecular complexity index is 1930. The molecule has 0 bridgehead atoms. The van der Waals surface area contributed by atoms with Gasteiger partial charge in [0, 0.05) is 52.5 Å².